The quantitative estimate of drug-likeness (QED) is 0.617. The Hall–Kier alpha value is -1.13. The second kappa shape index (κ2) is 2.00. The van der Waals surface area contributed by atoms with Gasteiger partial charge in [-0.25, -0.2) is 0 Å². The molecule has 0 aromatic carbocycles. The summed E-state index contributed by atoms with van der Waals surface area (Å²) in [6, 6.07) is 1.31. The number of nitrogens with zero attached hydrogens (tertiary/aromatic N) is 2. The molecule has 0 bridgehead atoms. The summed E-state index contributed by atoms with van der Waals surface area (Å²) < 4.78 is 23.8. The molecule has 1 rings (SSSR count). The third-order valence-corrected chi connectivity index (χ3v) is 0.886. The highest BCUT2D eigenvalue weighted by molar-refractivity contribution is 5.25. The van der Waals surface area contributed by atoms with Gasteiger partial charge in [-0.15, -0.1) is 0 Å². The van der Waals surface area contributed by atoms with Gasteiger partial charge in [-0.2, -0.15) is 18.6 Å². The zero-order valence-electron chi connectivity index (χ0n) is 4.46. The molecule has 9 heavy (non-hydrogen) atoms. The first-order chi connectivity index (χ1) is 4.22. The first kappa shape index (κ1) is 6.00. The molecule has 0 saturated carbocycles. The van der Waals surface area contributed by atoms with Crippen molar-refractivity contribution in [1.82, 2.24) is 9.78 Å². The van der Waals surface area contributed by atoms with Gasteiger partial charge < -0.3 is 5.73 Å². The minimum Gasteiger partial charge on any atom is -0.384 e. The Morgan fingerprint density at radius 1 is 1.67 bits per heavy atom. The SMILES string of the molecule is Nc1ccnn1C(F)F. The van der Waals surface area contributed by atoms with E-state index in [1.165, 1.54) is 12.3 Å². The van der Waals surface area contributed by atoms with Gasteiger partial charge in [0.2, 0.25) is 0 Å². The average molecular weight is 133 g/mol. The number of alkyl halides is 2. The van der Waals surface area contributed by atoms with Gasteiger partial charge in [0, 0.05) is 6.07 Å². The zero-order valence-corrected chi connectivity index (χ0v) is 4.46. The minimum absolute atomic E-state index is 0.0231. The van der Waals surface area contributed by atoms with Crippen LogP contribution in [0.2, 0.25) is 0 Å². The van der Waals surface area contributed by atoms with Crippen molar-refractivity contribution < 1.29 is 8.78 Å². The van der Waals surface area contributed by atoms with Crippen molar-refractivity contribution in [2.75, 3.05) is 5.73 Å². The van der Waals surface area contributed by atoms with E-state index in [4.69, 9.17) is 5.73 Å². The summed E-state index contributed by atoms with van der Waals surface area (Å²) in [7, 11) is 0. The summed E-state index contributed by atoms with van der Waals surface area (Å²) >= 11 is 0. The van der Waals surface area contributed by atoms with Crippen LogP contribution < -0.4 is 5.73 Å². The van der Waals surface area contributed by atoms with Crippen molar-refractivity contribution in [3.8, 4) is 0 Å². The van der Waals surface area contributed by atoms with Gasteiger partial charge in [0.25, 0.3) is 0 Å². The Balaban J connectivity index is 2.94. The Morgan fingerprint density at radius 2 is 2.33 bits per heavy atom. The number of hydrogen-bond acceptors (Lipinski definition) is 2. The van der Waals surface area contributed by atoms with E-state index in [1.807, 2.05) is 0 Å². The van der Waals surface area contributed by atoms with E-state index in [-0.39, 0.29) is 5.82 Å². The van der Waals surface area contributed by atoms with Gasteiger partial charge in [-0.3, -0.25) is 0 Å². The summed E-state index contributed by atoms with van der Waals surface area (Å²) in [4.78, 5) is 0. The van der Waals surface area contributed by atoms with Gasteiger partial charge in [0.1, 0.15) is 5.82 Å². The molecule has 0 atom stereocenters. The van der Waals surface area contributed by atoms with Crippen molar-refractivity contribution in [2.24, 2.45) is 0 Å². The normalized spacial score (nSPS) is 10.6. The lowest BCUT2D eigenvalue weighted by atomic mass is 10.7. The van der Waals surface area contributed by atoms with Crippen LogP contribution in [0.15, 0.2) is 12.3 Å². The first-order valence-electron chi connectivity index (χ1n) is 2.29. The van der Waals surface area contributed by atoms with Crippen LogP contribution in [0.4, 0.5) is 14.6 Å². The van der Waals surface area contributed by atoms with E-state index < -0.39 is 6.55 Å². The van der Waals surface area contributed by atoms with Gasteiger partial charge in [-0.05, 0) is 0 Å². The maximum absolute atomic E-state index is 11.7. The van der Waals surface area contributed by atoms with E-state index in [0.717, 1.165) is 0 Å². The summed E-state index contributed by atoms with van der Waals surface area (Å²) in [6.45, 7) is -2.64. The molecule has 0 aliphatic heterocycles. The molecule has 0 spiro atoms. The van der Waals surface area contributed by atoms with Crippen LogP contribution in [0.3, 0.4) is 0 Å². The number of aromatic nitrogens is 2. The monoisotopic (exact) mass is 133 g/mol. The number of hydrogen-bond donors (Lipinski definition) is 1. The Bertz CT molecular complexity index is 195. The largest absolute Gasteiger partial charge is 0.384 e. The predicted molar refractivity (Wildman–Crippen MR) is 27.9 cm³/mol. The summed E-state index contributed by atoms with van der Waals surface area (Å²) in [6.07, 6.45) is 1.22. The van der Waals surface area contributed by atoms with E-state index in [2.05, 4.69) is 5.10 Å². The van der Waals surface area contributed by atoms with Gasteiger partial charge in [-0.1, -0.05) is 0 Å². The van der Waals surface area contributed by atoms with Crippen molar-refractivity contribution in [1.29, 1.82) is 0 Å². The molecule has 0 fully saturated rings. The van der Waals surface area contributed by atoms with E-state index >= 15 is 0 Å². The molecule has 0 radical (unpaired) electrons. The lowest BCUT2D eigenvalue weighted by molar-refractivity contribution is 0.0591. The van der Waals surface area contributed by atoms with Gasteiger partial charge >= 0.3 is 6.55 Å². The molecule has 0 saturated heterocycles. The minimum atomic E-state index is -2.64. The predicted octanol–water partition coefficient (Wildman–Crippen LogP) is 0.860. The van der Waals surface area contributed by atoms with Gasteiger partial charge in [0.05, 0.1) is 6.20 Å². The van der Waals surface area contributed by atoms with Crippen molar-refractivity contribution in [3.63, 3.8) is 0 Å². The fourth-order valence-corrected chi connectivity index (χ4v) is 0.488. The molecule has 0 aliphatic carbocycles. The zero-order chi connectivity index (χ0) is 6.85. The van der Waals surface area contributed by atoms with Crippen LogP contribution in [0, 0.1) is 0 Å². The summed E-state index contributed by atoms with van der Waals surface area (Å²) in [5, 5.41) is 3.26. The average Bonchev–Trinajstić information content (AvgIpc) is 2.13. The molecular formula is C4H5F2N3. The van der Waals surface area contributed by atoms with Crippen LogP contribution in [0.25, 0.3) is 0 Å². The number of anilines is 1. The van der Waals surface area contributed by atoms with Crippen LogP contribution in [-0.2, 0) is 0 Å². The summed E-state index contributed by atoms with van der Waals surface area (Å²) in [5.41, 5.74) is 5.06. The lowest BCUT2D eigenvalue weighted by Gasteiger charge is -1.98. The van der Waals surface area contributed by atoms with E-state index in [9.17, 15) is 8.78 Å². The van der Waals surface area contributed by atoms with Crippen molar-refractivity contribution >= 4 is 5.82 Å². The summed E-state index contributed by atoms with van der Waals surface area (Å²) in [5.74, 6) is -0.0231. The molecule has 0 aliphatic rings. The molecule has 1 heterocycles. The van der Waals surface area contributed by atoms with E-state index in [0.29, 0.717) is 4.68 Å². The third-order valence-electron chi connectivity index (χ3n) is 0.886. The number of nitrogens with two attached hydrogens (primary N) is 1. The lowest BCUT2D eigenvalue weighted by Crippen LogP contribution is -2.04. The van der Waals surface area contributed by atoms with E-state index in [1.54, 1.807) is 0 Å². The fourth-order valence-electron chi connectivity index (χ4n) is 0.488. The smallest absolute Gasteiger partial charge is 0.334 e. The molecule has 0 unspecified atom stereocenters. The standard InChI is InChI=1S/C4H5F2N3/c5-4(6)9-3(7)1-2-8-9/h1-2,4H,7H2. The molecule has 1 aromatic heterocycles. The second-order valence-electron chi connectivity index (χ2n) is 1.48. The molecule has 0 amide bonds. The fraction of sp³-hybridized carbons (Fsp3) is 0.250. The molecule has 1 aromatic rings. The molecular weight excluding hydrogens is 128 g/mol. The van der Waals surface area contributed by atoms with Crippen LogP contribution in [0.5, 0.6) is 0 Å². The third kappa shape index (κ3) is 0.984. The van der Waals surface area contributed by atoms with Gasteiger partial charge in [0.15, 0.2) is 0 Å². The maximum Gasteiger partial charge on any atom is 0.334 e. The maximum atomic E-state index is 11.7. The van der Waals surface area contributed by atoms with Crippen LogP contribution in [-0.4, -0.2) is 9.78 Å². The molecule has 5 heteroatoms. The first-order valence-corrected chi connectivity index (χ1v) is 2.29. The van der Waals surface area contributed by atoms with Crippen LogP contribution >= 0.6 is 0 Å². The number of halogens is 2. The second-order valence-corrected chi connectivity index (χ2v) is 1.48. The topological polar surface area (TPSA) is 43.8 Å². The Labute approximate surface area is 50.1 Å². The number of nitrogen functional groups attached to an aromatic ring is 1. The molecule has 2 N–H and O–H groups in total. The Morgan fingerprint density at radius 3 is 2.56 bits per heavy atom. The highest BCUT2D eigenvalue weighted by Gasteiger charge is 2.07. The highest BCUT2D eigenvalue weighted by atomic mass is 19.3. The molecule has 50 valence electrons. The van der Waals surface area contributed by atoms with Crippen molar-refractivity contribution in [2.45, 2.75) is 6.55 Å². The van der Waals surface area contributed by atoms with Crippen molar-refractivity contribution in [3.05, 3.63) is 12.3 Å². The molecule has 3 nitrogen and oxygen atoms in total. The highest BCUT2D eigenvalue weighted by Crippen LogP contribution is 2.12. The Kier molecular flexibility index (Phi) is 1.33. The van der Waals surface area contributed by atoms with Crippen LogP contribution in [0.1, 0.15) is 6.55 Å². The number of rotatable bonds is 1.